The van der Waals surface area contributed by atoms with Gasteiger partial charge in [-0.3, -0.25) is 14.9 Å². The van der Waals surface area contributed by atoms with Crippen LogP contribution in [-0.2, 0) is 9.59 Å². The second kappa shape index (κ2) is 7.44. The van der Waals surface area contributed by atoms with Crippen molar-refractivity contribution in [1.29, 1.82) is 0 Å². The van der Waals surface area contributed by atoms with Crippen LogP contribution < -0.4 is 15.1 Å². The zero-order chi connectivity index (χ0) is 17.3. The van der Waals surface area contributed by atoms with Gasteiger partial charge in [0.15, 0.2) is 0 Å². The van der Waals surface area contributed by atoms with Gasteiger partial charge in [0.25, 0.3) is 0 Å². The highest BCUT2D eigenvalue weighted by Crippen LogP contribution is 2.29. The van der Waals surface area contributed by atoms with E-state index in [1.165, 1.54) is 0 Å². The summed E-state index contributed by atoms with van der Waals surface area (Å²) in [4.78, 5) is 27.6. The number of rotatable bonds is 3. The van der Waals surface area contributed by atoms with Gasteiger partial charge in [0.2, 0.25) is 11.8 Å². The molecule has 2 heterocycles. The quantitative estimate of drug-likeness (QED) is 0.817. The van der Waals surface area contributed by atoms with Gasteiger partial charge in [0, 0.05) is 37.9 Å². The number of anilines is 2. The first-order chi connectivity index (χ1) is 11.4. The molecule has 1 unspecified atom stereocenters. The number of piperidine rings is 2. The highest BCUT2D eigenvalue weighted by molar-refractivity contribution is 6.01. The zero-order valence-corrected chi connectivity index (χ0v) is 14.3. The molecule has 6 heteroatoms. The van der Waals surface area contributed by atoms with Crippen molar-refractivity contribution in [3.8, 4) is 0 Å². The topological polar surface area (TPSA) is 72.9 Å². The first-order valence-corrected chi connectivity index (χ1v) is 8.50. The molecule has 1 atom stereocenters. The molecular weight excluding hydrogens is 318 g/mol. The molecule has 2 aliphatic rings. The van der Waals surface area contributed by atoms with Gasteiger partial charge in [-0.05, 0) is 44.4 Å². The molecule has 0 saturated carbocycles. The summed E-state index contributed by atoms with van der Waals surface area (Å²) >= 11 is 0. The van der Waals surface area contributed by atoms with Crippen LogP contribution in [0.15, 0.2) is 24.3 Å². The summed E-state index contributed by atoms with van der Waals surface area (Å²) in [6, 6.07) is 7.78. The van der Waals surface area contributed by atoms with E-state index >= 15 is 0 Å². The molecule has 0 spiro atoms. The minimum absolute atomic E-state index is 0. The van der Waals surface area contributed by atoms with Crippen molar-refractivity contribution in [2.75, 3.05) is 29.9 Å². The Kier molecular flexibility index (Phi) is 5.72. The Morgan fingerprint density at radius 1 is 1.28 bits per heavy atom. The number of nitrogens with one attached hydrogen (secondary N) is 1. The minimum Gasteiger partial charge on any atom is -0.390 e. The van der Waals surface area contributed by atoms with E-state index in [0.29, 0.717) is 12.8 Å². The highest BCUT2D eigenvalue weighted by atomic mass is 16.3. The molecule has 6 nitrogen and oxygen atoms in total. The number of nitrogens with zero attached hydrogens (tertiary/aromatic N) is 2. The molecule has 1 aromatic rings. The van der Waals surface area contributed by atoms with Crippen LogP contribution in [0.5, 0.6) is 0 Å². The second-order valence-electron chi connectivity index (χ2n) is 7.08. The van der Waals surface area contributed by atoms with Crippen molar-refractivity contribution < 1.29 is 14.7 Å². The van der Waals surface area contributed by atoms with E-state index in [2.05, 4.69) is 22.3 Å². The maximum Gasteiger partial charge on any atom is 0.249 e. The molecule has 2 aliphatic heterocycles. The third-order valence-electron chi connectivity index (χ3n) is 5.12. The number of likely N-dealkylation sites (N-methyl/N-ethyl adjacent to an activating group) is 1. The summed E-state index contributed by atoms with van der Waals surface area (Å²) in [6.45, 7) is 3.52. The molecule has 25 heavy (non-hydrogen) atoms. The predicted molar refractivity (Wildman–Crippen MR) is 99.8 cm³/mol. The van der Waals surface area contributed by atoms with Gasteiger partial charge in [0.05, 0.1) is 5.60 Å². The molecule has 1 aromatic carbocycles. The van der Waals surface area contributed by atoms with Crippen LogP contribution in [0.25, 0.3) is 0 Å². The van der Waals surface area contributed by atoms with Crippen molar-refractivity contribution in [2.45, 2.75) is 51.7 Å². The Hall–Kier alpha value is -2.08. The number of carbonyl (C=O) groups excluding carboxylic acids is 2. The maximum atomic E-state index is 12.1. The van der Waals surface area contributed by atoms with Crippen LogP contribution in [0.3, 0.4) is 0 Å². The van der Waals surface area contributed by atoms with Crippen LogP contribution in [0.4, 0.5) is 11.4 Å². The van der Waals surface area contributed by atoms with Crippen LogP contribution in [-0.4, -0.2) is 48.7 Å². The number of aliphatic hydroxyl groups is 1. The third-order valence-corrected chi connectivity index (χ3v) is 5.12. The highest BCUT2D eigenvalue weighted by Gasteiger charge is 2.31. The summed E-state index contributed by atoms with van der Waals surface area (Å²) < 4.78 is 0. The largest absolute Gasteiger partial charge is 0.390 e. The fraction of sp³-hybridized carbons (Fsp3) is 0.579. The zero-order valence-electron chi connectivity index (χ0n) is 14.3. The van der Waals surface area contributed by atoms with E-state index in [4.69, 9.17) is 0 Å². The SMILES string of the molecule is C.CN(c1cccc(N2CCC(C)(O)CC2)c1)C1CCC(=O)NC1=O. The number of hydrogen-bond acceptors (Lipinski definition) is 5. The number of imide groups is 1. The lowest BCUT2D eigenvalue weighted by atomic mass is 9.93. The van der Waals surface area contributed by atoms with E-state index in [9.17, 15) is 14.7 Å². The molecule has 0 aromatic heterocycles. The Morgan fingerprint density at radius 3 is 2.60 bits per heavy atom. The van der Waals surface area contributed by atoms with Gasteiger partial charge in [-0.25, -0.2) is 0 Å². The number of hydrogen-bond donors (Lipinski definition) is 2. The molecular formula is C19H29N3O3. The average Bonchev–Trinajstić information content (AvgIpc) is 2.54. The second-order valence-corrected chi connectivity index (χ2v) is 7.08. The normalized spacial score (nSPS) is 22.8. The first kappa shape index (κ1) is 19.2. The average molecular weight is 347 g/mol. The number of carbonyl (C=O) groups is 2. The molecule has 138 valence electrons. The molecule has 0 bridgehead atoms. The summed E-state index contributed by atoms with van der Waals surface area (Å²) in [5, 5.41) is 12.5. The molecule has 2 N–H and O–H groups in total. The standard InChI is InChI=1S/C18H25N3O3.CH4/c1-18(24)8-10-21(11-9-18)14-5-3-4-13(12-14)20(2)15-6-7-16(22)19-17(15)23;/h3-5,12,15,24H,6-11H2,1-2H3,(H,19,22,23);1H4. The van der Waals surface area contributed by atoms with E-state index in [1.807, 2.05) is 31.0 Å². The van der Waals surface area contributed by atoms with Crippen molar-refractivity contribution in [3.05, 3.63) is 24.3 Å². The van der Waals surface area contributed by atoms with Crippen molar-refractivity contribution >= 4 is 23.2 Å². The molecule has 0 radical (unpaired) electrons. The number of benzene rings is 1. The van der Waals surface area contributed by atoms with E-state index < -0.39 is 5.60 Å². The van der Waals surface area contributed by atoms with Crippen molar-refractivity contribution in [2.24, 2.45) is 0 Å². The maximum absolute atomic E-state index is 12.1. The first-order valence-electron chi connectivity index (χ1n) is 8.50. The third kappa shape index (κ3) is 4.31. The lowest BCUT2D eigenvalue weighted by Gasteiger charge is -2.38. The summed E-state index contributed by atoms with van der Waals surface area (Å²) in [5.74, 6) is -0.424. The Bertz CT molecular complexity index is 635. The fourth-order valence-electron chi connectivity index (χ4n) is 3.39. The van der Waals surface area contributed by atoms with Gasteiger partial charge in [-0.2, -0.15) is 0 Å². The van der Waals surface area contributed by atoms with Gasteiger partial charge in [0.1, 0.15) is 6.04 Å². The van der Waals surface area contributed by atoms with Crippen molar-refractivity contribution in [1.82, 2.24) is 5.32 Å². The van der Waals surface area contributed by atoms with Crippen LogP contribution in [0, 0.1) is 0 Å². The minimum atomic E-state index is -0.572. The van der Waals surface area contributed by atoms with Crippen molar-refractivity contribution in [3.63, 3.8) is 0 Å². The molecule has 2 fully saturated rings. The van der Waals surface area contributed by atoms with E-state index in [0.717, 1.165) is 37.3 Å². The van der Waals surface area contributed by atoms with Crippen LogP contribution >= 0.6 is 0 Å². The molecule has 2 amide bonds. The molecule has 2 saturated heterocycles. The lowest BCUT2D eigenvalue weighted by molar-refractivity contribution is -0.134. The summed E-state index contributed by atoms with van der Waals surface area (Å²) in [7, 11) is 1.89. The van der Waals surface area contributed by atoms with Crippen LogP contribution in [0.1, 0.15) is 40.0 Å². The number of amides is 2. The smallest absolute Gasteiger partial charge is 0.249 e. The van der Waals surface area contributed by atoms with E-state index in [1.54, 1.807) is 0 Å². The van der Waals surface area contributed by atoms with E-state index in [-0.39, 0.29) is 25.3 Å². The van der Waals surface area contributed by atoms with Gasteiger partial charge in [-0.1, -0.05) is 13.5 Å². The molecule has 0 aliphatic carbocycles. The summed E-state index contributed by atoms with van der Waals surface area (Å²) in [6.07, 6.45) is 2.42. The Labute approximate surface area is 149 Å². The predicted octanol–water partition coefficient (Wildman–Crippen LogP) is 1.92. The Morgan fingerprint density at radius 2 is 1.96 bits per heavy atom. The van der Waals surface area contributed by atoms with Gasteiger partial charge >= 0.3 is 0 Å². The molecule has 3 rings (SSSR count). The van der Waals surface area contributed by atoms with Gasteiger partial charge in [-0.15, -0.1) is 0 Å². The Balaban J connectivity index is 0.00000225. The lowest BCUT2D eigenvalue weighted by Crippen LogP contribution is -2.51. The monoisotopic (exact) mass is 347 g/mol. The fourth-order valence-corrected chi connectivity index (χ4v) is 3.39. The van der Waals surface area contributed by atoms with Crippen LogP contribution in [0.2, 0.25) is 0 Å². The van der Waals surface area contributed by atoms with Gasteiger partial charge < -0.3 is 14.9 Å². The summed E-state index contributed by atoms with van der Waals surface area (Å²) in [5.41, 5.74) is 1.49.